The summed E-state index contributed by atoms with van der Waals surface area (Å²) in [6.07, 6.45) is -4.55. The zero-order chi connectivity index (χ0) is 51.8. The number of ether oxygens (including phenoxy) is 4. The van der Waals surface area contributed by atoms with E-state index >= 15 is 4.39 Å². The number of nitrogens with one attached hydrogen (secondary N) is 2. The Kier molecular flexibility index (Phi) is 17.4. The number of aryl methyl sites for hydroxylation is 2. The highest BCUT2D eigenvalue weighted by atomic mass is 32.1. The van der Waals surface area contributed by atoms with Crippen molar-refractivity contribution in [3.63, 3.8) is 0 Å². The average molecular weight is 1010 g/mol. The number of nitrogens with zero attached hydrogens (tertiary/aromatic N) is 6. The summed E-state index contributed by atoms with van der Waals surface area (Å²) in [5, 5.41) is 25.3. The minimum Gasteiger partial charge on any atom is -0.475 e. The fraction of sp³-hybridized carbons (Fsp3) is 0.490. The molecule has 0 radical (unpaired) electrons. The Bertz CT molecular complexity index is 2600. The molecule has 0 bridgehead atoms. The Morgan fingerprint density at radius 1 is 0.972 bits per heavy atom. The highest BCUT2D eigenvalue weighted by Gasteiger charge is 2.49. The van der Waals surface area contributed by atoms with E-state index < -0.39 is 81.6 Å². The van der Waals surface area contributed by atoms with E-state index in [4.69, 9.17) is 24.2 Å². The SMILES string of the molecule is Cc1cc(OCCOCCOCCOCC(=O)N[C@H](C(=O)N2C[C@H](O)C[C@H]2C(=O)NCc2ccc(-c3scnc3C)cc2)C(C)(C)C)ncc1N1CN(c2ccc(C#N)c(C(F)(F)F)c2F)C(=O)C1(C)C. The predicted octanol–water partition coefficient (Wildman–Crippen LogP) is 5.68. The third-order valence-electron chi connectivity index (χ3n) is 12.1. The summed E-state index contributed by atoms with van der Waals surface area (Å²) in [6.45, 7) is 12.7. The molecule has 0 spiro atoms. The van der Waals surface area contributed by atoms with Gasteiger partial charge in [-0.25, -0.2) is 14.4 Å². The molecule has 3 atom stereocenters. The summed E-state index contributed by atoms with van der Waals surface area (Å²) in [7, 11) is 0. The van der Waals surface area contributed by atoms with Gasteiger partial charge in [-0.3, -0.25) is 24.1 Å². The Morgan fingerprint density at radius 2 is 1.63 bits per heavy atom. The van der Waals surface area contributed by atoms with E-state index in [1.54, 1.807) is 69.4 Å². The number of benzene rings is 2. The monoisotopic (exact) mass is 1010 g/mol. The van der Waals surface area contributed by atoms with Gasteiger partial charge in [0, 0.05) is 25.6 Å². The number of hydrogen-bond donors (Lipinski definition) is 3. The normalized spacial score (nSPS) is 17.3. The van der Waals surface area contributed by atoms with Gasteiger partial charge < -0.3 is 44.5 Å². The quantitative estimate of drug-likeness (QED) is 0.0721. The predicted molar refractivity (Wildman–Crippen MR) is 254 cm³/mol. The molecule has 2 aliphatic heterocycles. The van der Waals surface area contributed by atoms with Gasteiger partial charge >= 0.3 is 6.18 Å². The first-order valence-electron chi connectivity index (χ1n) is 22.8. The van der Waals surface area contributed by atoms with Crippen molar-refractivity contribution >= 4 is 46.3 Å². The topological polar surface area (TPSA) is 209 Å². The molecule has 2 aromatic heterocycles. The number of alkyl halides is 3. The molecule has 6 rings (SSSR count). The lowest BCUT2D eigenvalue weighted by Crippen LogP contribution is -2.58. The zero-order valence-corrected chi connectivity index (χ0v) is 41.3. The van der Waals surface area contributed by atoms with Crippen molar-refractivity contribution in [2.75, 3.05) is 69.3 Å². The van der Waals surface area contributed by atoms with Crippen molar-refractivity contribution in [2.24, 2.45) is 5.41 Å². The van der Waals surface area contributed by atoms with E-state index in [1.165, 1.54) is 17.2 Å². The van der Waals surface area contributed by atoms with Gasteiger partial charge in [0.1, 0.15) is 36.4 Å². The second-order valence-corrected chi connectivity index (χ2v) is 19.5. The van der Waals surface area contributed by atoms with E-state index in [9.17, 15) is 37.5 Å². The summed E-state index contributed by atoms with van der Waals surface area (Å²) < 4.78 is 78.7. The van der Waals surface area contributed by atoms with Crippen LogP contribution in [0.1, 0.15) is 69.0 Å². The number of halogens is 4. The summed E-state index contributed by atoms with van der Waals surface area (Å²) in [5.41, 5.74) is 0.458. The molecule has 22 heteroatoms. The number of likely N-dealkylation sites (tertiary alicyclic amines) is 1. The number of aliphatic hydroxyl groups is 1. The van der Waals surface area contributed by atoms with Crippen LogP contribution in [0.4, 0.5) is 28.9 Å². The van der Waals surface area contributed by atoms with Crippen LogP contribution in [0.2, 0.25) is 0 Å². The maximum Gasteiger partial charge on any atom is 0.420 e. The van der Waals surface area contributed by atoms with Gasteiger partial charge in [0.2, 0.25) is 23.6 Å². The molecular weight excluding hydrogens is 953 g/mol. The summed E-state index contributed by atoms with van der Waals surface area (Å²) >= 11 is 1.55. The summed E-state index contributed by atoms with van der Waals surface area (Å²) in [6, 6.07) is 10.6. The van der Waals surface area contributed by atoms with Crippen LogP contribution in [0.3, 0.4) is 0 Å². The van der Waals surface area contributed by atoms with E-state index in [-0.39, 0.29) is 78.3 Å². The van der Waals surface area contributed by atoms with Crippen LogP contribution >= 0.6 is 11.3 Å². The van der Waals surface area contributed by atoms with Gasteiger partial charge in [0.15, 0.2) is 5.82 Å². The third kappa shape index (κ3) is 13.0. The Hall–Kier alpha value is -6.25. The highest BCUT2D eigenvalue weighted by molar-refractivity contribution is 7.13. The lowest BCUT2D eigenvalue weighted by Gasteiger charge is -2.35. The van der Waals surface area contributed by atoms with Crippen LogP contribution in [-0.2, 0) is 46.1 Å². The van der Waals surface area contributed by atoms with Crippen molar-refractivity contribution in [1.82, 2.24) is 25.5 Å². The van der Waals surface area contributed by atoms with Crippen LogP contribution in [0.15, 0.2) is 54.2 Å². The second kappa shape index (κ2) is 22.9. The minimum absolute atomic E-state index is 0.0550. The molecule has 0 saturated carbocycles. The number of rotatable bonds is 20. The number of nitriles is 1. The number of aliphatic hydroxyl groups excluding tert-OH is 1. The number of β-amino-alcohol motifs (C(OH)–C–C–N with tert-alkyl or cyclic N) is 1. The summed E-state index contributed by atoms with van der Waals surface area (Å²) in [5.74, 6) is -3.54. The lowest BCUT2D eigenvalue weighted by atomic mass is 9.85. The minimum atomic E-state index is -5.15. The smallest absolute Gasteiger partial charge is 0.420 e. The van der Waals surface area contributed by atoms with Crippen LogP contribution in [0, 0.1) is 36.4 Å². The van der Waals surface area contributed by atoms with Crippen molar-refractivity contribution in [2.45, 2.75) is 91.3 Å². The highest BCUT2D eigenvalue weighted by Crippen LogP contribution is 2.42. The van der Waals surface area contributed by atoms with Gasteiger partial charge in [-0.15, -0.1) is 11.3 Å². The van der Waals surface area contributed by atoms with E-state index in [0.29, 0.717) is 11.3 Å². The van der Waals surface area contributed by atoms with Gasteiger partial charge in [0.25, 0.3) is 5.91 Å². The standard InChI is InChI=1S/C49H58F4N8O9S/c1-29-20-39(55-24-37(29)61-28-60(46(66)48(61,6)7)35-13-12-33(22-54)40(41(35)50)49(51,52)53)70-19-18-68-15-14-67-16-17-69-26-38(63)58-43(47(3,4)5)45(65)59-25-34(62)21-36(59)44(64)56-23-31-8-10-32(11-9-31)42-30(2)57-27-71-42/h8-13,20,24,27,34,36,43,62H,14-19,21,23,25-26,28H2,1-7H3,(H,56,64)(H,58,63)/t34-,36+,43-/m1/s1. The van der Waals surface area contributed by atoms with Crippen LogP contribution in [0.25, 0.3) is 10.4 Å². The number of amides is 4. The number of aromatic nitrogens is 2. The summed E-state index contributed by atoms with van der Waals surface area (Å²) in [4.78, 5) is 67.3. The number of thiazole rings is 1. The molecule has 17 nitrogen and oxygen atoms in total. The molecule has 4 aromatic rings. The first-order valence-corrected chi connectivity index (χ1v) is 23.7. The second-order valence-electron chi connectivity index (χ2n) is 18.7. The van der Waals surface area contributed by atoms with Crippen LogP contribution in [0.5, 0.6) is 5.88 Å². The van der Waals surface area contributed by atoms with E-state index in [1.807, 2.05) is 31.2 Å². The van der Waals surface area contributed by atoms with E-state index in [0.717, 1.165) is 38.7 Å². The number of pyridine rings is 1. The first kappa shape index (κ1) is 54.1. The number of anilines is 2. The zero-order valence-electron chi connectivity index (χ0n) is 40.5. The number of carbonyl (C=O) groups is 4. The van der Waals surface area contributed by atoms with Gasteiger partial charge in [0.05, 0.1) is 91.1 Å². The van der Waals surface area contributed by atoms with Gasteiger partial charge in [-0.05, 0) is 61.9 Å². The molecule has 71 heavy (non-hydrogen) atoms. The van der Waals surface area contributed by atoms with Crippen LogP contribution in [-0.4, -0.2) is 127 Å². The Balaban J connectivity index is 0.875. The molecule has 2 aliphatic rings. The molecule has 2 aromatic carbocycles. The Morgan fingerprint density at radius 3 is 2.24 bits per heavy atom. The van der Waals surface area contributed by atoms with Crippen molar-refractivity contribution in [1.29, 1.82) is 5.26 Å². The molecule has 0 aliphatic carbocycles. The molecular formula is C49H58F4N8O9S. The molecule has 382 valence electrons. The maximum absolute atomic E-state index is 15.3. The lowest BCUT2D eigenvalue weighted by molar-refractivity contribution is -0.144. The largest absolute Gasteiger partial charge is 0.475 e. The van der Waals surface area contributed by atoms with Crippen molar-refractivity contribution in [3.05, 3.63) is 87.9 Å². The maximum atomic E-state index is 15.3. The molecule has 2 saturated heterocycles. The molecule has 4 amide bonds. The van der Waals surface area contributed by atoms with E-state index in [2.05, 4.69) is 20.6 Å². The van der Waals surface area contributed by atoms with Crippen molar-refractivity contribution < 1.29 is 60.8 Å². The third-order valence-corrected chi connectivity index (χ3v) is 13.0. The molecule has 0 unspecified atom stereocenters. The molecule has 2 fully saturated rings. The Labute approximate surface area is 413 Å². The first-order chi connectivity index (χ1) is 33.5. The average Bonchev–Trinajstić information content (AvgIpc) is 3.99. The fourth-order valence-corrected chi connectivity index (χ4v) is 9.02. The van der Waals surface area contributed by atoms with Crippen LogP contribution < -0.4 is 25.2 Å². The fourth-order valence-electron chi connectivity index (χ4n) is 8.21. The molecule has 4 heterocycles. The molecule has 3 N–H and O–H groups in total. The number of carbonyl (C=O) groups excluding carboxylic acids is 4. The van der Waals surface area contributed by atoms with Gasteiger partial charge in [-0.1, -0.05) is 45.0 Å². The van der Waals surface area contributed by atoms with Crippen molar-refractivity contribution in [3.8, 4) is 22.4 Å². The number of hydrogen-bond acceptors (Lipinski definition) is 14. The van der Waals surface area contributed by atoms with Gasteiger partial charge in [-0.2, -0.15) is 18.4 Å².